The number of benzene rings is 1. The van der Waals surface area contributed by atoms with Crippen molar-refractivity contribution in [3.63, 3.8) is 0 Å². The standard InChI is InChI=1S/C20H14F6/c1-11-2-4-12(5-3-11)14-9-17(22)19(18(23)10-14)13-6-7-15(16(21)8-13)20(24,25)26/h2-4,7-10H,5-6H2,1H3. The fourth-order valence-corrected chi connectivity index (χ4v) is 2.94. The van der Waals surface area contributed by atoms with Crippen molar-refractivity contribution >= 4 is 11.1 Å². The molecule has 0 fully saturated rings. The third-order valence-electron chi connectivity index (χ3n) is 4.32. The molecule has 0 aromatic heterocycles. The van der Waals surface area contributed by atoms with Gasteiger partial charge in [-0.25, -0.2) is 13.2 Å². The molecule has 0 nitrogen and oxygen atoms in total. The molecule has 0 N–H and O–H groups in total. The average molecular weight is 368 g/mol. The quantitative estimate of drug-likeness (QED) is 0.571. The second kappa shape index (κ2) is 6.67. The van der Waals surface area contributed by atoms with Crippen LogP contribution in [0, 0.1) is 11.6 Å². The molecule has 0 saturated heterocycles. The van der Waals surface area contributed by atoms with Crippen LogP contribution in [0.15, 0.2) is 59.5 Å². The van der Waals surface area contributed by atoms with E-state index < -0.39 is 40.9 Å². The summed E-state index contributed by atoms with van der Waals surface area (Å²) in [4.78, 5) is 0. The lowest BCUT2D eigenvalue weighted by atomic mass is 9.97. The molecule has 3 rings (SSSR count). The number of alkyl halides is 3. The van der Waals surface area contributed by atoms with E-state index in [1.807, 2.05) is 19.1 Å². The summed E-state index contributed by atoms with van der Waals surface area (Å²) in [6, 6.07) is 2.24. The van der Waals surface area contributed by atoms with Gasteiger partial charge in [0.15, 0.2) is 0 Å². The highest BCUT2D eigenvalue weighted by Gasteiger charge is 2.37. The molecule has 0 heterocycles. The van der Waals surface area contributed by atoms with Crippen molar-refractivity contribution in [3.05, 3.63) is 81.6 Å². The SMILES string of the molecule is CC1=CCC(=c2cc(F)c(=C3C=C(F)C(C(F)(F)F)=CC3)c(F)c2)C=C1. The van der Waals surface area contributed by atoms with Gasteiger partial charge in [0.2, 0.25) is 0 Å². The normalized spacial score (nSPS) is 17.9. The molecule has 0 saturated carbocycles. The number of hydrogen-bond acceptors (Lipinski definition) is 0. The molecule has 0 unspecified atom stereocenters. The second-order valence-electron chi connectivity index (χ2n) is 6.16. The van der Waals surface area contributed by atoms with E-state index >= 15 is 0 Å². The van der Waals surface area contributed by atoms with Crippen LogP contribution in [0.2, 0.25) is 0 Å². The Morgan fingerprint density at radius 2 is 1.46 bits per heavy atom. The summed E-state index contributed by atoms with van der Waals surface area (Å²) in [5.41, 5.74) is 0.159. The lowest BCUT2D eigenvalue weighted by Gasteiger charge is -2.15. The van der Waals surface area contributed by atoms with Crippen molar-refractivity contribution in [1.29, 1.82) is 0 Å². The minimum absolute atomic E-state index is 0.169. The van der Waals surface area contributed by atoms with Gasteiger partial charge in [-0.2, -0.15) is 13.2 Å². The maximum Gasteiger partial charge on any atom is 0.418 e. The third kappa shape index (κ3) is 3.54. The number of rotatable bonds is 0. The van der Waals surface area contributed by atoms with E-state index in [1.54, 1.807) is 6.08 Å². The summed E-state index contributed by atoms with van der Waals surface area (Å²) in [6.07, 6.45) is 1.90. The molecule has 0 atom stereocenters. The van der Waals surface area contributed by atoms with Crippen molar-refractivity contribution in [3.8, 4) is 0 Å². The van der Waals surface area contributed by atoms with Crippen molar-refractivity contribution in [2.24, 2.45) is 0 Å². The highest BCUT2D eigenvalue weighted by atomic mass is 19.4. The van der Waals surface area contributed by atoms with Gasteiger partial charge in [-0.3, -0.25) is 0 Å². The van der Waals surface area contributed by atoms with Crippen molar-refractivity contribution in [2.75, 3.05) is 0 Å². The van der Waals surface area contributed by atoms with Crippen LogP contribution in [0.3, 0.4) is 0 Å². The number of hydrogen-bond donors (Lipinski definition) is 0. The van der Waals surface area contributed by atoms with Crippen molar-refractivity contribution in [1.82, 2.24) is 0 Å². The Bertz CT molecular complexity index is 971. The second-order valence-corrected chi connectivity index (χ2v) is 6.16. The van der Waals surface area contributed by atoms with Gasteiger partial charge in [0, 0.05) is 5.22 Å². The molecular weight excluding hydrogens is 354 g/mol. The van der Waals surface area contributed by atoms with E-state index in [2.05, 4.69) is 0 Å². The minimum atomic E-state index is -4.84. The molecular formula is C20H14F6. The van der Waals surface area contributed by atoms with Crippen molar-refractivity contribution < 1.29 is 26.3 Å². The van der Waals surface area contributed by atoms with E-state index in [-0.39, 0.29) is 5.57 Å². The maximum atomic E-state index is 14.5. The Kier molecular flexibility index (Phi) is 4.69. The lowest BCUT2D eigenvalue weighted by Crippen LogP contribution is -2.24. The highest BCUT2D eigenvalue weighted by molar-refractivity contribution is 5.66. The minimum Gasteiger partial charge on any atom is -0.206 e. The number of halogens is 6. The van der Waals surface area contributed by atoms with Crippen LogP contribution < -0.4 is 10.4 Å². The van der Waals surface area contributed by atoms with E-state index in [9.17, 15) is 26.3 Å². The molecule has 0 amide bonds. The predicted octanol–water partition coefficient (Wildman–Crippen LogP) is 4.92. The van der Waals surface area contributed by atoms with E-state index in [0.717, 1.165) is 23.3 Å². The largest absolute Gasteiger partial charge is 0.418 e. The van der Waals surface area contributed by atoms with Gasteiger partial charge >= 0.3 is 6.18 Å². The molecule has 0 spiro atoms. The van der Waals surface area contributed by atoms with Crippen LogP contribution in [0.4, 0.5) is 26.3 Å². The molecule has 6 heteroatoms. The summed E-state index contributed by atoms with van der Waals surface area (Å²) in [5.74, 6) is -3.42. The molecule has 0 radical (unpaired) electrons. The van der Waals surface area contributed by atoms with E-state index in [1.165, 1.54) is 0 Å². The average Bonchev–Trinajstić information content (AvgIpc) is 2.53. The molecule has 0 bridgehead atoms. The van der Waals surface area contributed by atoms with E-state index in [4.69, 9.17) is 0 Å². The Balaban J connectivity index is 2.12. The zero-order valence-corrected chi connectivity index (χ0v) is 13.7. The Hall–Kier alpha value is -2.50. The topological polar surface area (TPSA) is 0 Å². The summed E-state index contributed by atoms with van der Waals surface area (Å²) >= 11 is 0. The zero-order chi connectivity index (χ0) is 19.1. The van der Waals surface area contributed by atoms with Crippen LogP contribution in [0.25, 0.3) is 11.1 Å². The first-order valence-corrected chi connectivity index (χ1v) is 7.88. The van der Waals surface area contributed by atoms with Crippen LogP contribution >= 0.6 is 0 Å². The molecule has 1 aromatic rings. The fourth-order valence-electron chi connectivity index (χ4n) is 2.94. The van der Waals surface area contributed by atoms with Crippen molar-refractivity contribution in [2.45, 2.75) is 25.9 Å². The van der Waals surface area contributed by atoms with Crippen LogP contribution in [-0.2, 0) is 0 Å². The summed E-state index contributed by atoms with van der Waals surface area (Å²) < 4.78 is 80.6. The van der Waals surface area contributed by atoms with Crippen LogP contribution in [-0.4, -0.2) is 6.18 Å². The first kappa shape index (κ1) is 18.3. The van der Waals surface area contributed by atoms with E-state index in [0.29, 0.717) is 23.8 Å². The van der Waals surface area contributed by atoms with Gasteiger partial charge in [0.05, 0.1) is 5.57 Å². The van der Waals surface area contributed by atoms with Gasteiger partial charge in [-0.1, -0.05) is 29.9 Å². The van der Waals surface area contributed by atoms with Gasteiger partial charge in [0.25, 0.3) is 0 Å². The lowest BCUT2D eigenvalue weighted by molar-refractivity contribution is -0.0913. The summed E-state index contributed by atoms with van der Waals surface area (Å²) in [5, 5.41) is -0.162. The highest BCUT2D eigenvalue weighted by Crippen LogP contribution is 2.36. The molecule has 2 aliphatic rings. The monoisotopic (exact) mass is 368 g/mol. The summed E-state index contributed by atoms with van der Waals surface area (Å²) in [6.45, 7) is 1.90. The molecule has 1 aromatic carbocycles. The Morgan fingerprint density at radius 1 is 0.846 bits per heavy atom. The van der Waals surface area contributed by atoms with Gasteiger partial charge in [-0.15, -0.1) is 0 Å². The van der Waals surface area contributed by atoms with Gasteiger partial charge in [-0.05, 0) is 54.3 Å². The Labute approximate surface area is 145 Å². The first-order chi connectivity index (χ1) is 12.2. The number of allylic oxidation sites excluding steroid dienone is 8. The molecule has 26 heavy (non-hydrogen) atoms. The predicted molar refractivity (Wildman–Crippen MR) is 87.9 cm³/mol. The molecule has 0 aliphatic heterocycles. The summed E-state index contributed by atoms with van der Waals surface area (Å²) in [7, 11) is 0. The molecule has 136 valence electrons. The third-order valence-corrected chi connectivity index (χ3v) is 4.32. The van der Waals surface area contributed by atoms with Gasteiger partial charge in [0.1, 0.15) is 17.5 Å². The van der Waals surface area contributed by atoms with Crippen LogP contribution in [0.1, 0.15) is 19.8 Å². The zero-order valence-electron chi connectivity index (χ0n) is 13.7. The maximum absolute atomic E-state index is 14.5. The van der Waals surface area contributed by atoms with Gasteiger partial charge < -0.3 is 0 Å². The molecule has 2 aliphatic carbocycles. The fraction of sp³-hybridized carbons (Fsp3) is 0.200. The first-order valence-electron chi connectivity index (χ1n) is 7.88. The van der Waals surface area contributed by atoms with Crippen LogP contribution in [0.5, 0.6) is 0 Å². The Morgan fingerprint density at radius 3 is 1.96 bits per heavy atom. The smallest absolute Gasteiger partial charge is 0.206 e.